The average molecular weight is 427 g/mol. The highest BCUT2D eigenvalue weighted by molar-refractivity contribution is 6.00. The topological polar surface area (TPSA) is 76.0 Å². The fourth-order valence-electron chi connectivity index (χ4n) is 3.71. The largest absolute Gasteiger partial charge is 0.323 e. The first-order chi connectivity index (χ1) is 15.3. The van der Waals surface area contributed by atoms with Crippen LogP contribution in [0.2, 0.25) is 0 Å². The summed E-state index contributed by atoms with van der Waals surface area (Å²) in [7, 11) is 0. The molecule has 6 nitrogen and oxygen atoms in total. The number of hydrogen-bond donors (Lipinski definition) is 2. The molecule has 0 aliphatic rings. The Kier molecular flexibility index (Phi) is 5.77. The first kappa shape index (κ1) is 21.3. The minimum atomic E-state index is -0.320. The molecule has 0 radical (unpaired) electrons. The highest BCUT2D eigenvalue weighted by atomic mass is 16.2. The van der Waals surface area contributed by atoms with Crippen LogP contribution in [0.3, 0.4) is 0 Å². The summed E-state index contributed by atoms with van der Waals surface area (Å²) in [5.74, 6) is 1.05. The van der Waals surface area contributed by atoms with Gasteiger partial charge in [-0.1, -0.05) is 38.1 Å². The lowest BCUT2D eigenvalue weighted by atomic mass is 10.0. The molecule has 2 amide bonds. The Hall–Kier alpha value is -3.93. The molecule has 0 unspecified atom stereocenters. The van der Waals surface area contributed by atoms with Crippen LogP contribution in [0.4, 0.5) is 16.2 Å². The van der Waals surface area contributed by atoms with E-state index in [1.807, 2.05) is 68.4 Å². The number of urea groups is 1. The molecule has 2 N–H and O–H groups in total. The second-order valence-corrected chi connectivity index (χ2v) is 8.17. The zero-order valence-corrected chi connectivity index (χ0v) is 18.6. The van der Waals surface area contributed by atoms with Gasteiger partial charge in [0.25, 0.3) is 5.56 Å². The van der Waals surface area contributed by atoms with Crippen LogP contribution < -0.4 is 16.2 Å². The Labute approximate surface area is 186 Å². The molecular formula is C26H26N4O2. The third kappa shape index (κ3) is 4.25. The van der Waals surface area contributed by atoms with Crippen LogP contribution in [0, 0.1) is 13.8 Å². The maximum absolute atomic E-state index is 13.0. The van der Waals surface area contributed by atoms with E-state index in [0.29, 0.717) is 34.0 Å². The summed E-state index contributed by atoms with van der Waals surface area (Å²) >= 11 is 0. The predicted molar refractivity (Wildman–Crippen MR) is 130 cm³/mol. The Balaban J connectivity index is 1.56. The number of amides is 2. The molecular weight excluding hydrogens is 400 g/mol. The van der Waals surface area contributed by atoms with Gasteiger partial charge in [0, 0.05) is 11.4 Å². The van der Waals surface area contributed by atoms with Crippen LogP contribution in [0.1, 0.15) is 36.7 Å². The van der Waals surface area contributed by atoms with E-state index in [2.05, 4.69) is 29.5 Å². The number of nitrogens with one attached hydrogen (secondary N) is 2. The van der Waals surface area contributed by atoms with Crippen LogP contribution in [-0.2, 0) is 0 Å². The number of aryl methyl sites for hydroxylation is 2. The Bertz CT molecular complexity index is 1350. The van der Waals surface area contributed by atoms with E-state index in [9.17, 15) is 9.59 Å². The van der Waals surface area contributed by atoms with Gasteiger partial charge in [-0.05, 0) is 73.4 Å². The standard InChI is InChI=1S/C26H26N4O2/c1-16(2)19-9-11-20(12-10-19)28-26(32)29-23-14-13-21(15-17(23)3)30-18(4)27-24-8-6-5-7-22(24)25(30)31/h5-16H,1-4H3,(H2,28,29,32). The van der Waals surface area contributed by atoms with Crippen molar-refractivity contribution >= 4 is 28.3 Å². The lowest BCUT2D eigenvalue weighted by molar-refractivity contribution is 0.262. The van der Waals surface area contributed by atoms with Gasteiger partial charge in [-0.25, -0.2) is 9.78 Å². The van der Waals surface area contributed by atoms with Gasteiger partial charge in [-0.3, -0.25) is 9.36 Å². The summed E-state index contributed by atoms with van der Waals surface area (Å²) in [4.78, 5) is 30.1. The summed E-state index contributed by atoms with van der Waals surface area (Å²) in [6.07, 6.45) is 0. The first-order valence-electron chi connectivity index (χ1n) is 10.6. The van der Waals surface area contributed by atoms with Crippen molar-refractivity contribution in [1.29, 1.82) is 0 Å². The third-order valence-electron chi connectivity index (χ3n) is 5.50. The molecule has 0 spiro atoms. The molecule has 0 aliphatic heterocycles. The van der Waals surface area contributed by atoms with Crippen molar-refractivity contribution in [2.45, 2.75) is 33.6 Å². The van der Waals surface area contributed by atoms with Gasteiger partial charge < -0.3 is 10.6 Å². The van der Waals surface area contributed by atoms with Crippen molar-refractivity contribution < 1.29 is 4.79 Å². The average Bonchev–Trinajstić information content (AvgIpc) is 2.76. The van der Waals surface area contributed by atoms with Gasteiger partial charge in [-0.15, -0.1) is 0 Å². The normalized spacial score (nSPS) is 11.0. The van der Waals surface area contributed by atoms with Gasteiger partial charge in [0.05, 0.1) is 16.6 Å². The van der Waals surface area contributed by atoms with Crippen molar-refractivity contribution in [3.63, 3.8) is 0 Å². The van der Waals surface area contributed by atoms with Crippen LogP contribution >= 0.6 is 0 Å². The molecule has 1 aromatic heterocycles. The number of carbonyl (C=O) groups is 1. The summed E-state index contributed by atoms with van der Waals surface area (Å²) < 4.78 is 1.59. The quantitative estimate of drug-likeness (QED) is 0.435. The zero-order valence-electron chi connectivity index (χ0n) is 18.6. The smallest absolute Gasteiger partial charge is 0.308 e. The summed E-state index contributed by atoms with van der Waals surface area (Å²) in [5.41, 5.74) is 4.73. The summed E-state index contributed by atoms with van der Waals surface area (Å²) in [5, 5.41) is 6.30. The van der Waals surface area contributed by atoms with Gasteiger partial charge in [-0.2, -0.15) is 0 Å². The number of benzene rings is 3. The maximum Gasteiger partial charge on any atom is 0.323 e. The monoisotopic (exact) mass is 426 g/mol. The van der Waals surface area contributed by atoms with E-state index >= 15 is 0 Å². The lowest BCUT2D eigenvalue weighted by Gasteiger charge is -2.14. The van der Waals surface area contributed by atoms with Crippen molar-refractivity contribution in [3.8, 4) is 5.69 Å². The molecule has 0 saturated heterocycles. The molecule has 0 saturated carbocycles. The first-order valence-corrected chi connectivity index (χ1v) is 10.6. The Morgan fingerprint density at radius 2 is 1.66 bits per heavy atom. The number of anilines is 2. The molecule has 3 aromatic carbocycles. The summed E-state index contributed by atoms with van der Waals surface area (Å²) in [6, 6.07) is 20.3. The van der Waals surface area contributed by atoms with E-state index in [1.54, 1.807) is 16.7 Å². The van der Waals surface area contributed by atoms with E-state index in [0.717, 1.165) is 11.3 Å². The maximum atomic E-state index is 13.0. The Morgan fingerprint density at radius 3 is 2.34 bits per heavy atom. The minimum absolute atomic E-state index is 0.115. The molecule has 32 heavy (non-hydrogen) atoms. The van der Waals surface area contributed by atoms with Gasteiger partial charge in [0.15, 0.2) is 0 Å². The molecule has 4 rings (SSSR count). The number of para-hydroxylation sites is 1. The minimum Gasteiger partial charge on any atom is -0.308 e. The number of aromatic nitrogens is 2. The molecule has 0 atom stereocenters. The van der Waals surface area contributed by atoms with E-state index in [1.165, 1.54) is 5.56 Å². The Morgan fingerprint density at radius 1 is 0.938 bits per heavy atom. The number of fused-ring (bicyclic) bond motifs is 1. The lowest BCUT2D eigenvalue weighted by Crippen LogP contribution is -2.23. The molecule has 0 fully saturated rings. The van der Waals surface area contributed by atoms with Crippen molar-refractivity contribution in [2.24, 2.45) is 0 Å². The molecule has 4 aromatic rings. The fourth-order valence-corrected chi connectivity index (χ4v) is 3.71. The highest BCUT2D eigenvalue weighted by Gasteiger charge is 2.12. The van der Waals surface area contributed by atoms with Crippen LogP contribution in [0.15, 0.2) is 71.5 Å². The molecule has 6 heteroatoms. The summed E-state index contributed by atoms with van der Waals surface area (Å²) in [6.45, 7) is 7.97. The molecule has 0 bridgehead atoms. The number of nitrogens with zero attached hydrogens (tertiary/aromatic N) is 2. The van der Waals surface area contributed by atoms with Gasteiger partial charge in [0.2, 0.25) is 0 Å². The van der Waals surface area contributed by atoms with Crippen LogP contribution in [0.5, 0.6) is 0 Å². The number of hydrogen-bond acceptors (Lipinski definition) is 3. The highest BCUT2D eigenvalue weighted by Crippen LogP contribution is 2.21. The van der Waals surface area contributed by atoms with Gasteiger partial charge in [0.1, 0.15) is 5.82 Å². The van der Waals surface area contributed by atoms with Gasteiger partial charge >= 0.3 is 6.03 Å². The third-order valence-corrected chi connectivity index (χ3v) is 5.50. The van der Waals surface area contributed by atoms with E-state index in [4.69, 9.17) is 0 Å². The SMILES string of the molecule is Cc1cc(-n2c(C)nc3ccccc3c2=O)ccc1NC(=O)Nc1ccc(C(C)C)cc1. The van der Waals surface area contributed by atoms with Crippen molar-refractivity contribution in [3.05, 3.63) is 94.0 Å². The van der Waals surface area contributed by atoms with Crippen LogP contribution in [-0.4, -0.2) is 15.6 Å². The zero-order chi connectivity index (χ0) is 22.8. The van der Waals surface area contributed by atoms with Crippen molar-refractivity contribution in [2.75, 3.05) is 10.6 Å². The predicted octanol–water partition coefficient (Wildman–Crippen LogP) is 5.77. The second kappa shape index (κ2) is 8.67. The molecule has 0 aliphatic carbocycles. The van der Waals surface area contributed by atoms with Crippen molar-refractivity contribution in [1.82, 2.24) is 9.55 Å². The van der Waals surface area contributed by atoms with E-state index in [-0.39, 0.29) is 11.6 Å². The number of carbonyl (C=O) groups excluding carboxylic acids is 1. The second-order valence-electron chi connectivity index (χ2n) is 8.17. The van der Waals surface area contributed by atoms with Crippen LogP contribution in [0.25, 0.3) is 16.6 Å². The fraction of sp³-hybridized carbons (Fsp3) is 0.192. The number of rotatable bonds is 4. The van der Waals surface area contributed by atoms with E-state index < -0.39 is 0 Å². The molecule has 1 heterocycles. The molecule has 162 valence electrons.